The number of carbonyl (C=O) groups is 2. The molecular weight excluding hydrogens is 500 g/mol. The van der Waals surface area contributed by atoms with Crippen molar-refractivity contribution >= 4 is 33.4 Å². The minimum Gasteiger partial charge on any atom is -0.507 e. The largest absolute Gasteiger partial charge is 0.507 e. The lowest BCUT2D eigenvalue weighted by Gasteiger charge is -2.27. The molecule has 2 aromatic carbocycles. The van der Waals surface area contributed by atoms with E-state index in [1.807, 2.05) is 6.92 Å². The number of benzene rings is 2. The Bertz CT molecular complexity index is 1060. The number of hydrogen-bond donors (Lipinski definition) is 2. The van der Waals surface area contributed by atoms with Crippen LogP contribution in [0.3, 0.4) is 0 Å². The molecule has 0 bridgehead atoms. The molecular formula is C26H31BrN2O5. The number of ketones is 1. The Morgan fingerprint density at radius 2 is 1.76 bits per heavy atom. The van der Waals surface area contributed by atoms with Crippen molar-refractivity contribution in [2.24, 2.45) is 0 Å². The summed E-state index contributed by atoms with van der Waals surface area (Å²) >= 11 is 3.33. The van der Waals surface area contributed by atoms with Crippen LogP contribution in [0.4, 0.5) is 0 Å². The lowest BCUT2D eigenvalue weighted by atomic mass is 9.95. The minimum atomic E-state index is -0.772. The molecule has 0 saturated carbocycles. The molecule has 1 saturated heterocycles. The zero-order valence-corrected chi connectivity index (χ0v) is 21.3. The number of aliphatic hydroxyl groups is 1. The second-order valence-corrected chi connectivity index (χ2v) is 8.95. The molecule has 0 aromatic heterocycles. The number of carbonyl (C=O) groups excluding carboxylic acids is 2. The van der Waals surface area contributed by atoms with Gasteiger partial charge in [-0.25, -0.2) is 0 Å². The van der Waals surface area contributed by atoms with E-state index in [2.05, 4.69) is 34.7 Å². The zero-order valence-electron chi connectivity index (χ0n) is 19.8. The molecule has 2 N–H and O–H groups in total. The molecule has 1 fully saturated rings. The van der Waals surface area contributed by atoms with E-state index in [9.17, 15) is 19.8 Å². The molecule has 1 heterocycles. The van der Waals surface area contributed by atoms with Crippen LogP contribution in [0.2, 0.25) is 0 Å². The lowest BCUT2D eigenvalue weighted by Crippen LogP contribution is -2.33. The number of aromatic hydroxyl groups is 1. The van der Waals surface area contributed by atoms with Crippen LogP contribution in [-0.2, 0) is 9.59 Å². The summed E-state index contributed by atoms with van der Waals surface area (Å²) in [6.07, 6.45) is 0.685. The predicted molar refractivity (Wildman–Crippen MR) is 135 cm³/mol. The molecule has 1 atom stereocenters. The Labute approximate surface area is 208 Å². The number of hydrogen-bond acceptors (Lipinski definition) is 6. The summed E-state index contributed by atoms with van der Waals surface area (Å²) in [4.78, 5) is 30.0. The van der Waals surface area contributed by atoms with Crippen LogP contribution in [0.25, 0.3) is 5.76 Å². The standard InChI is InChI=1S/C26H31BrN2O5/c1-4-28(5-2)14-7-15-29-23(17-8-11-19(12-9-17)34-6-3)22(25(32)26(29)33)24(31)20-16-18(27)10-13-21(20)30/h8-13,16,23,30-31H,4-7,14-15H2,1-3H3/t23-/m1/s1. The smallest absolute Gasteiger partial charge is 0.295 e. The van der Waals surface area contributed by atoms with Crippen LogP contribution >= 0.6 is 15.9 Å². The first-order chi connectivity index (χ1) is 16.3. The van der Waals surface area contributed by atoms with Gasteiger partial charge in [-0.2, -0.15) is 0 Å². The number of nitrogens with zero attached hydrogens (tertiary/aromatic N) is 2. The first-order valence-corrected chi connectivity index (χ1v) is 12.3. The first kappa shape index (κ1) is 25.8. The van der Waals surface area contributed by atoms with Crippen molar-refractivity contribution in [1.82, 2.24) is 9.80 Å². The number of likely N-dealkylation sites (tertiary alicyclic amines) is 1. The maximum absolute atomic E-state index is 13.2. The van der Waals surface area contributed by atoms with Crippen molar-refractivity contribution in [3.63, 3.8) is 0 Å². The normalized spacial score (nSPS) is 17.6. The van der Waals surface area contributed by atoms with Gasteiger partial charge in [0.05, 0.1) is 23.8 Å². The van der Waals surface area contributed by atoms with E-state index in [0.717, 1.165) is 19.6 Å². The summed E-state index contributed by atoms with van der Waals surface area (Å²) in [5, 5.41) is 21.5. The van der Waals surface area contributed by atoms with Crippen molar-refractivity contribution in [3.8, 4) is 11.5 Å². The van der Waals surface area contributed by atoms with Gasteiger partial charge in [-0.1, -0.05) is 41.9 Å². The van der Waals surface area contributed by atoms with Crippen LogP contribution in [0.5, 0.6) is 11.5 Å². The first-order valence-electron chi connectivity index (χ1n) is 11.5. The highest BCUT2D eigenvalue weighted by molar-refractivity contribution is 9.10. The summed E-state index contributed by atoms with van der Waals surface area (Å²) in [5.41, 5.74) is 0.735. The van der Waals surface area contributed by atoms with Crippen molar-refractivity contribution in [2.75, 3.05) is 32.8 Å². The summed E-state index contributed by atoms with van der Waals surface area (Å²) in [5.74, 6) is -1.33. The molecule has 7 nitrogen and oxygen atoms in total. The van der Waals surface area contributed by atoms with Gasteiger partial charge in [0.15, 0.2) is 0 Å². The van der Waals surface area contributed by atoms with E-state index in [0.29, 0.717) is 35.4 Å². The van der Waals surface area contributed by atoms with Gasteiger partial charge in [0, 0.05) is 11.0 Å². The zero-order chi connectivity index (χ0) is 24.8. The fourth-order valence-corrected chi connectivity index (χ4v) is 4.58. The highest BCUT2D eigenvalue weighted by Crippen LogP contribution is 2.41. The van der Waals surface area contributed by atoms with Crippen molar-refractivity contribution < 1.29 is 24.5 Å². The Morgan fingerprint density at radius 1 is 1.09 bits per heavy atom. The van der Waals surface area contributed by atoms with Gasteiger partial charge in [-0.15, -0.1) is 0 Å². The molecule has 1 aliphatic heterocycles. The lowest BCUT2D eigenvalue weighted by molar-refractivity contribution is -0.140. The van der Waals surface area contributed by atoms with E-state index in [-0.39, 0.29) is 16.9 Å². The fraction of sp³-hybridized carbons (Fsp3) is 0.385. The molecule has 3 rings (SSSR count). The van der Waals surface area contributed by atoms with Crippen LogP contribution in [0.1, 0.15) is 44.4 Å². The Kier molecular flexibility index (Phi) is 8.74. The second kappa shape index (κ2) is 11.5. The summed E-state index contributed by atoms with van der Waals surface area (Å²) in [6, 6.07) is 11.0. The van der Waals surface area contributed by atoms with Gasteiger partial charge < -0.3 is 24.7 Å². The van der Waals surface area contributed by atoms with Crippen molar-refractivity contribution in [3.05, 3.63) is 63.6 Å². The Morgan fingerprint density at radius 3 is 2.38 bits per heavy atom. The van der Waals surface area contributed by atoms with Crippen LogP contribution in [-0.4, -0.2) is 64.5 Å². The summed E-state index contributed by atoms with van der Waals surface area (Å²) in [7, 11) is 0. The number of phenolic OH excluding ortho intramolecular Hbond substituents is 1. The number of aliphatic hydroxyl groups excluding tert-OH is 1. The second-order valence-electron chi connectivity index (χ2n) is 8.04. The SMILES string of the molecule is CCOc1ccc([C@@H]2C(=C(O)c3cc(Br)ccc3O)C(=O)C(=O)N2CCCN(CC)CC)cc1. The molecule has 0 unspecified atom stereocenters. The van der Waals surface area contributed by atoms with E-state index in [1.54, 1.807) is 30.3 Å². The average molecular weight is 531 g/mol. The molecule has 2 aromatic rings. The highest BCUT2D eigenvalue weighted by Gasteiger charge is 2.46. The number of halogens is 1. The van der Waals surface area contributed by atoms with Crippen LogP contribution in [0, 0.1) is 0 Å². The topological polar surface area (TPSA) is 90.3 Å². The molecule has 0 spiro atoms. The van der Waals surface area contributed by atoms with E-state index in [1.165, 1.54) is 17.0 Å². The molecule has 1 aliphatic rings. The maximum atomic E-state index is 13.2. The van der Waals surface area contributed by atoms with E-state index in [4.69, 9.17) is 4.74 Å². The molecule has 0 radical (unpaired) electrons. The molecule has 8 heteroatoms. The molecule has 0 aliphatic carbocycles. The number of rotatable bonds is 10. The Balaban J connectivity index is 2.06. The van der Waals surface area contributed by atoms with Gasteiger partial charge >= 0.3 is 0 Å². The van der Waals surface area contributed by atoms with Gasteiger partial charge in [-0.05, 0) is 68.9 Å². The van der Waals surface area contributed by atoms with E-state index >= 15 is 0 Å². The molecule has 1 amide bonds. The predicted octanol–water partition coefficient (Wildman–Crippen LogP) is 4.71. The van der Waals surface area contributed by atoms with Crippen molar-refractivity contribution in [1.29, 1.82) is 0 Å². The van der Waals surface area contributed by atoms with Crippen LogP contribution in [0.15, 0.2) is 52.5 Å². The van der Waals surface area contributed by atoms with Gasteiger partial charge in [0.2, 0.25) is 0 Å². The van der Waals surface area contributed by atoms with Gasteiger partial charge in [0.1, 0.15) is 17.3 Å². The summed E-state index contributed by atoms with van der Waals surface area (Å²) < 4.78 is 6.15. The average Bonchev–Trinajstić information content (AvgIpc) is 3.08. The minimum absolute atomic E-state index is 0.0367. The fourth-order valence-electron chi connectivity index (χ4n) is 4.22. The third-order valence-electron chi connectivity index (χ3n) is 6.03. The van der Waals surface area contributed by atoms with Gasteiger partial charge in [0.25, 0.3) is 11.7 Å². The summed E-state index contributed by atoms with van der Waals surface area (Å²) in [6.45, 7) is 9.53. The maximum Gasteiger partial charge on any atom is 0.295 e. The molecule has 34 heavy (non-hydrogen) atoms. The number of amides is 1. The van der Waals surface area contributed by atoms with Crippen molar-refractivity contribution in [2.45, 2.75) is 33.2 Å². The van der Waals surface area contributed by atoms with Crippen LogP contribution < -0.4 is 4.74 Å². The van der Waals surface area contributed by atoms with Gasteiger partial charge in [-0.3, -0.25) is 9.59 Å². The van der Waals surface area contributed by atoms with E-state index < -0.39 is 23.5 Å². The highest BCUT2D eigenvalue weighted by atomic mass is 79.9. The quantitative estimate of drug-likeness (QED) is 0.262. The number of ether oxygens (including phenoxy) is 1. The Hall–Kier alpha value is -2.84. The number of Topliss-reactive ketones (excluding diaryl/α,β-unsaturated/α-hetero) is 1. The third-order valence-corrected chi connectivity index (χ3v) is 6.52. The third kappa shape index (κ3) is 5.45. The monoisotopic (exact) mass is 530 g/mol. The molecule has 182 valence electrons. The number of phenols is 1.